The number of ether oxygens (including phenoxy) is 1. The number of benzene rings is 1. The first-order valence-corrected chi connectivity index (χ1v) is 8.13. The number of thiophene rings is 1. The number of methoxy groups -OCH3 is 1. The highest BCUT2D eigenvalue weighted by molar-refractivity contribution is 9.11. The number of hydrogen-bond donors (Lipinski definition) is 1. The zero-order valence-corrected chi connectivity index (χ0v) is 12.9. The van der Waals surface area contributed by atoms with E-state index in [0.29, 0.717) is 3.79 Å². The molecule has 0 atom stereocenters. The van der Waals surface area contributed by atoms with Gasteiger partial charge in [-0.15, -0.1) is 11.3 Å². The van der Waals surface area contributed by atoms with Gasteiger partial charge >= 0.3 is 0 Å². The Balaban J connectivity index is 2.30. The van der Waals surface area contributed by atoms with Crippen LogP contribution in [0.5, 0.6) is 5.75 Å². The highest BCUT2D eigenvalue weighted by Gasteiger charge is 2.17. The van der Waals surface area contributed by atoms with Gasteiger partial charge in [-0.2, -0.15) is 0 Å². The molecule has 4 nitrogen and oxygen atoms in total. The fourth-order valence-corrected chi connectivity index (χ4v) is 4.43. The van der Waals surface area contributed by atoms with Crippen LogP contribution >= 0.6 is 27.3 Å². The van der Waals surface area contributed by atoms with E-state index in [4.69, 9.17) is 4.74 Å². The molecule has 0 spiro atoms. The van der Waals surface area contributed by atoms with Gasteiger partial charge in [-0.25, -0.2) is 12.8 Å². The van der Waals surface area contributed by atoms with Crippen LogP contribution in [0.25, 0.3) is 0 Å². The molecule has 0 saturated heterocycles. The van der Waals surface area contributed by atoms with Gasteiger partial charge in [0.05, 0.1) is 16.6 Å². The maximum absolute atomic E-state index is 13.2. The Morgan fingerprint density at radius 1 is 1.32 bits per heavy atom. The molecule has 2 aromatic rings. The molecule has 8 heteroatoms. The first-order valence-electron chi connectivity index (χ1n) is 5.04. The fraction of sp³-hybridized carbons (Fsp3) is 0.0909. The summed E-state index contributed by atoms with van der Waals surface area (Å²) < 4.78 is 45.4. The largest absolute Gasteiger partial charge is 0.494 e. The SMILES string of the molecule is COc1cc(NS(=O)(=O)c2ccc(Br)s2)ccc1F. The van der Waals surface area contributed by atoms with Crippen molar-refractivity contribution in [2.45, 2.75) is 4.21 Å². The number of sulfonamides is 1. The number of hydrogen-bond acceptors (Lipinski definition) is 4. The van der Waals surface area contributed by atoms with Crippen LogP contribution in [0.3, 0.4) is 0 Å². The highest BCUT2D eigenvalue weighted by atomic mass is 79.9. The van der Waals surface area contributed by atoms with Gasteiger partial charge in [-0.3, -0.25) is 4.72 Å². The summed E-state index contributed by atoms with van der Waals surface area (Å²) in [6.07, 6.45) is 0. The van der Waals surface area contributed by atoms with Crippen LogP contribution < -0.4 is 9.46 Å². The average Bonchev–Trinajstić information content (AvgIpc) is 2.79. The van der Waals surface area contributed by atoms with Crippen molar-refractivity contribution < 1.29 is 17.5 Å². The van der Waals surface area contributed by atoms with Gasteiger partial charge in [0.1, 0.15) is 4.21 Å². The van der Waals surface area contributed by atoms with Crippen LogP contribution in [0.15, 0.2) is 38.3 Å². The molecule has 0 fully saturated rings. The van der Waals surface area contributed by atoms with Crippen molar-refractivity contribution in [3.05, 3.63) is 39.9 Å². The minimum Gasteiger partial charge on any atom is -0.494 e. The summed E-state index contributed by atoms with van der Waals surface area (Å²) in [6.45, 7) is 0. The van der Waals surface area contributed by atoms with Crippen molar-refractivity contribution in [1.29, 1.82) is 0 Å². The van der Waals surface area contributed by atoms with Crippen molar-refractivity contribution in [1.82, 2.24) is 0 Å². The van der Waals surface area contributed by atoms with E-state index in [-0.39, 0.29) is 15.6 Å². The third-order valence-corrected chi connectivity index (χ3v) is 5.71. The van der Waals surface area contributed by atoms with Gasteiger partial charge < -0.3 is 4.74 Å². The molecule has 0 amide bonds. The maximum atomic E-state index is 13.2. The number of anilines is 1. The lowest BCUT2D eigenvalue weighted by Gasteiger charge is -2.08. The lowest BCUT2D eigenvalue weighted by atomic mass is 10.3. The monoisotopic (exact) mass is 365 g/mol. The fourth-order valence-electron chi connectivity index (χ4n) is 1.37. The summed E-state index contributed by atoms with van der Waals surface area (Å²) >= 11 is 4.29. The third kappa shape index (κ3) is 3.26. The van der Waals surface area contributed by atoms with E-state index in [1.165, 1.54) is 25.3 Å². The molecule has 0 aliphatic heterocycles. The normalized spacial score (nSPS) is 11.3. The van der Waals surface area contributed by atoms with E-state index in [9.17, 15) is 12.8 Å². The summed E-state index contributed by atoms with van der Waals surface area (Å²) in [5.74, 6) is -0.572. The predicted octanol–water partition coefficient (Wildman–Crippen LogP) is 3.46. The summed E-state index contributed by atoms with van der Waals surface area (Å²) in [7, 11) is -2.36. The molecule has 1 aromatic carbocycles. The van der Waals surface area contributed by atoms with E-state index in [0.717, 1.165) is 17.4 Å². The topological polar surface area (TPSA) is 55.4 Å². The van der Waals surface area contributed by atoms with Crippen molar-refractivity contribution in [3.8, 4) is 5.75 Å². The summed E-state index contributed by atoms with van der Waals surface area (Å²) in [5.41, 5.74) is 0.239. The van der Waals surface area contributed by atoms with Crippen LogP contribution in [-0.2, 0) is 10.0 Å². The second kappa shape index (κ2) is 5.48. The number of nitrogens with one attached hydrogen (secondary N) is 1. The van der Waals surface area contributed by atoms with Gasteiger partial charge in [0, 0.05) is 6.07 Å². The summed E-state index contributed by atoms with van der Waals surface area (Å²) in [4.78, 5) is 0. The Morgan fingerprint density at radius 2 is 2.05 bits per heavy atom. The molecule has 0 aliphatic rings. The molecule has 0 radical (unpaired) electrons. The molecule has 0 unspecified atom stereocenters. The number of rotatable bonds is 4. The van der Waals surface area contributed by atoms with Gasteiger partial charge in [-0.05, 0) is 40.2 Å². The zero-order chi connectivity index (χ0) is 14.0. The molecule has 0 saturated carbocycles. The third-order valence-electron chi connectivity index (χ3n) is 2.22. The Bertz CT molecular complexity index is 700. The summed E-state index contributed by atoms with van der Waals surface area (Å²) in [6, 6.07) is 6.89. The smallest absolute Gasteiger partial charge is 0.271 e. The lowest BCUT2D eigenvalue weighted by molar-refractivity contribution is 0.387. The predicted molar refractivity (Wildman–Crippen MR) is 75.8 cm³/mol. The van der Waals surface area contributed by atoms with E-state index in [1.54, 1.807) is 6.07 Å². The molecule has 19 heavy (non-hydrogen) atoms. The van der Waals surface area contributed by atoms with Crippen molar-refractivity contribution in [2.75, 3.05) is 11.8 Å². The Labute approximate surface area is 122 Å². The minimum atomic E-state index is -3.67. The standard InChI is InChI=1S/C11H9BrFNO3S2/c1-17-9-6-7(2-3-8(9)13)14-19(15,16)11-5-4-10(12)18-11/h2-6,14H,1H3. The zero-order valence-electron chi connectivity index (χ0n) is 9.68. The van der Waals surface area contributed by atoms with Crippen LogP contribution in [0.2, 0.25) is 0 Å². The first-order chi connectivity index (χ1) is 8.92. The van der Waals surface area contributed by atoms with E-state index in [1.807, 2.05) is 0 Å². The molecule has 2 rings (SSSR count). The van der Waals surface area contributed by atoms with Crippen molar-refractivity contribution in [2.24, 2.45) is 0 Å². The molecule has 0 bridgehead atoms. The lowest BCUT2D eigenvalue weighted by Crippen LogP contribution is -2.11. The first kappa shape index (κ1) is 14.3. The molecule has 1 aromatic heterocycles. The molecule has 1 N–H and O–H groups in total. The Kier molecular flexibility index (Phi) is 4.12. The van der Waals surface area contributed by atoms with Gasteiger partial charge in [0.2, 0.25) is 0 Å². The van der Waals surface area contributed by atoms with Gasteiger partial charge in [-0.1, -0.05) is 0 Å². The van der Waals surface area contributed by atoms with Crippen LogP contribution in [0, 0.1) is 5.82 Å². The summed E-state index contributed by atoms with van der Waals surface area (Å²) in [5, 5.41) is 0. The number of halogens is 2. The minimum absolute atomic E-state index is 0.0208. The maximum Gasteiger partial charge on any atom is 0.271 e. The van der Waals surface area contributed by atoms with E-state index >= 15 is 0 Å². The second-order valence-corrected chi connectivity index (χ2v) is 7.89. The molecule has 1 heterocycles. The van der Waals surface area contributed by atoms with Crippen LogP contribution in [-0.4, -0.2) is 15.5 Å². The Morgan fingerprint density at radius 3 is 2.63 bits per heavy atom. The quantitative estimate of drug-likeness (QED) is 0.902. The highest BCUT2D eigenvalue weighted by Crippen LogP contribution is 2.29. The molecular weight excluding hydrogens is 357 g/mol. The molecule has 102 valence electrons. The van der Waals surface area contributed by atoms with Crippen LogP contribution in [0.4, 0.5) is 10.1 Å². The van der Waals surface area contributed by atoms with E-state index < -0.39 is 15.8 Å². The van der Waals surface area contributed by atoms with Crippen molar-refractivity contribution >= 4 is 43.0 Å². The van der Waals surface area contributed by atoms with Gasteiger partial charge in [0.15, 0.2) is 11.6 Å². The second-order valence-electron chi connectivity index (χ2n) is 3.51. The average molecular weight is 366 g/mol. The molecule has 0 aliphatic carbocycles. The van der Waals surface area contributed by atoms with Gasteiger partial charge in [0.25, 0.3) is 10.0 Å². The molecular formula is C11H9BrFNO3S2. The Hall–Kier alpha value is -1.12. The van der Waals surface area contributed by atoms with E-state index in [2.05, 4.69) is 20.7 Å². The van der Waals surface area contributed by atoms with Crippen molar-refractivity contribution in [3.63, 3.8) is 0 Å². The van der Waals surface area contributed by atoms with Crippen LogP contribution in [0.1, 0.15) is 0 Å².